The van der Waals surface area contributed by atoms with Crippen molar-refractivity contribution >= 4 is 5.69 Å². The van der Waals surface area contributed by atoms with Crippen molar-refractivity contribution in [3.8, 4) is 0 Å². The summed E-state index contributed by atoms with van der Waals surface area (Å²) >= 11 is 0. The summed E-state index contributed by atoms with van der Waals surface area (Å²) in [7, 11) is 0. The molecule has 6 fully saturated rings. The van der Waals surface area contributed by atoms with Crippen LogP contribution < -0.4 is 4.90 Å². The molecule has 0 amide bonds. The average molecular weight is 888 g/mol. The molecule has 4 heterocycles. The van der Waals surface area contributed by atoms with Gasteiger partial charge in [0.25, 0.3) is 0 Å². The quantitative estimate of drug-likeness (QED) is 0.257. The van der Waals surface area contributed by atoms with Gasteiger partial charge in [-0.3, -0.25) is 14.7 Å². The van der Waals surface area contributed by atoms with Gasteiger partial charge in [-0.2, -0.15) is 0 Å². The molecule has 1 aromatic carbocycles. The molecule has 1 aromatic rings. The van der Waals surface area contributed by atoms with Crippen molar-refractivity contribution < 1.29 is 0 Å². The fourth-order valence-corrected chi connectivity index (χ4v) is 14.3. The van der Waals surface area contributed by atoms with Gasteiger partial charge in [0.15, 0.2) is 0 Å². The third-order valence-corrected chi connectivity index (χ3v) is 17.1. The van der Waals surface area contributed by atoms with Crippen molar-refractivity contribution in [2.45, 2.75) is 308 Å². The molecule has 0 spiro atoms. The summed E-state index contributed by atoms with van der Waals surface area (Å²) < 4.78 is 0. The Kier molecular flexibility index (Phi) is 15.7. The topological polar surface area (TPSA) is 13.0 Å². The summed E-state index contributed by atoms with van der Waals surface area (Å²) in [6.45, 7) is 57.2. The first-order chi connectivity index (χ1) is 28.8. The van der Waals surface area contributed by atoms with Gasteiger partial charge >= 0.3 is 0 Å². The maximum atomic E-state index is 2.87. The van der Waals surface area contributed by atoms with Crippen molar-refractivity contribution in [2.24, 2.45) is 39.4 Å². The molecule has 4 aliphatic heterocycles. The highest BCUT2D eigenvalue weighted by Crippen LogP contribution is 2.55. The Hall–Kier alpha value is -1.10. The number of fused-ring (bicyclic) bond motifs is 4. The Balaban J connectivity index is 0.000000161. The number of hydrogen-bond donors (Lipinski definition) is 0. The summed E-state index contributed by atoms with van der Waals surface area (Å²) in [6, 6.07) is 14.5. The summed E-state index contributed by atoms with van der Waals surface area (Å²) in [5.41, 5.74) is 5.74. The van der Waals surface area contributed by atoms with Crippen LogP contribution in [0, 0.1) is 39.4 Å². The van der Waals surface area contributed by atoms with Crippen LogP contribution in [0.1, 0.15) is 242 Å². The molecule has 10 atom stereocenters. The zero-order chi connectivity index (χ0) is 48.6. The molecule has 3 saturated carbocycles. The van der Waals surface area contributed by atoms with Gasteiger partial charge < -0.3 is 4.90 Å². The van der Waals surface area contributed by atoms with E-state index in [-0.39, 0.29) is 5.54 Å². The van der Waals surface area contributed by atoms with Crippen LogP contribution in [0.25, 0.3) is 0 Å². The lowest BCUT2D eigenvalue weighted by molar-refractivity contribution is 0.0140. The Bertz CT molecular complexity index is 1650. The lowest BCUT2D eigenvalue weighted by Gasteiger charge is -2.47. The Morgan fingerprint density at radius 3 is 1.12 bits per heavy atom. The minimum Gasteiger partial charge on any atom is -0.363 e. The zero-order valence-corrected chi connectivity index (χ0v) is 47.4. The number of piperidine rings is 1. The fraction of sp³-hybridized carbons (Fsp3) is 0.900. The first kappa shape index (κ1) is 53.8. The molecule has 64 heavy (non-hydrogen) atoms. The van der Waals surface area contributed by atoms with Crippen LogP contribution in [0.5, 0.6) is 0 Å². The standard InChI is InChI=1S/C16H31N.C16H25N.C15H29N.C13H25N/c2*1-15(2,3)14-11-12-9-7-8-10-13(12)17(14)16(4,5)6;1-14(2,3)13-10-11-8-7-9-12(11)16(13)15(4,5)6;1-12(2,3)11-8-9-7-10(9)14(11)13(4,5)6/h12-14H,7-11H2,1-6H3;7-10,14H,11H2,1-6H3;11-13H,7-10H2,1-6H3;9-11H,7-8H2,1-6H3. The van der Waals surface area contributed by atoms with E-state index in [4.69, 9.17) is 0 Å². The normalized spacial score (nSPS) is 32.7. The second-order valence-corrected chi connectivity index (χ2v) is 30.8. The van der Waals surface area contributed by atoms with Crippen LogP contribution >= 0.6 is 0 Å². The maximum absolute atomic E-state index is 2.87. The minimum atomic E-state index is 0.185. The molecule has 4 heteroatoms. The van der Waals surface area contributed by atoms with Crippen LogP contribution in [-0.4, -0.2) is 79.1 Å². The van der Waals surface area contributed by atoms with Crippen molar-refractivity contribution in [1.29, 1.82) is 0 Å². The largest absolute Gasteiger partial charge is 0.363 e. The van der Waals surface area contributed by atoms with Crippen LogP contribution in [0.15, 0.2) is 24.3 Å². The molecule has 0 N–H and O–H groups in total. The Morgan fingerprint density at radius 1 is 0.359 bits per heavy atom. The van der Waals surface area contributed by atoms with Gasteiger partial charge in [0, 0.05) is 70.1 Å². The molecule has 0 bridgehead atoms. The maximum Gasteiger partial charge on any atom is 0.0406 e. The van der Waals surface area contributed by atoms with Gasteiger partial charge in [0.1, 0.15) is 0 Å². The third kappa shape index (κ3) is 12.4. The summed E-state index contributed by atoms with van der Waals surface area (Å²) in [6.07, 6.45) is 17.2. The molecule has 7 aliphatic rings. The van der Waals surface area contributed by atoms with E-state index < -0.39 is 0 Å². The van der Waals surface area contributed by atoms with Crippen molar-refractivity contribution in [1.82, 2.24) is 14.7 Å². The third-order valence-electron chi connectivity index (χ3n) is 17.1. The molecule has 3 aliphatic carbocycles. The molecule has 10 unspecified atom stereocenters. The van der Waals surface area contributed by atoms with E-state index >= 15 is 0 Å². The van der Waals surface area contributed by atoms with Crippen LogP contribution in [-0.2, 0) is 6.42 Å². The van der Waals surface area contributed by atoms with Gasteiger partial charge in [-0.1, -0.05) is 121 Å². The molecular formula is C60H110N4. The molecule has 8 rings (SSSR count). The monoisotopic (exact) mass is 887 g/mol. The van der Waals surface area contributed by atoms with Crippen molar-refractivity contribution in [3.63, 3.8) is 0 Å². The van der Waals surface area contributed by atoms with Crippen LogP contribution in [0.2, 0.25) is 0 Å². The summed E-state index contributed by atoms with van der Waals surface area (Å²) in [4.78, 5) is 11.1. The van der Waals surface area contributed by atoms with Crippen molar-refractivity contribution in [2.75, 3.05) is 4.90 Å². The number of para-hydroxylation sites is 1. The van der Waals surface area contributed by atoms with Gasteiger partial charge in [-0.15, -0.1) is 0 Å². The van der Waals surface area contributed by atoms with Gasteiger partial charge in [0.2, 0.25) is 0 Å². The molecule has 4 nitrogen and oxygen atoms in total. The Morgan fingerprint density at radius 2 is 0.719 bits per heavy atom. The summed E-state index contributed by atoms with van der Waals surface area (Å²) in [5, 5.41) is 0. The lowest BCUT2D eigenvalue weighted by Crippen LogP contribution is -2.53. The van der Waals surface area contributed by atoms with E-state index in [1.54, 1.807) is 0 Å². The number of benzene rings is 1. The number of likely N-dealkylation sites (tertiary alicyclic amines) is 3. The van der Waals surface area contributed by atoms with E-state index in [1.165, 1.54) is 88.3 Å². The second kappa shape index (κ2) is 18.7. The second-order valence-electron chi connectivity index (χ2n) is 30.8. The highest BCUT2D eigenvalue weighted by Gasteiger charge is 2.57. The zero-order valence-electron chi connectivity index (χ0n) is 47.4. The van der Waals surface area contributed by atoms with Gasteiger partial charge in [0.05, 0.1) is 0 Å². The van der Waals surface area contributed by atoms with E-state index in [1.807, 2.05) is 0 Å². The van der Waals surface area contributed by atoms with E-state index in [9.17, 15) is 0 Å². The SMILES string of the molecule is CC(C)(C)C1CC2CC2N1C(C)(C)C.CC(C)(C)C1CC2CCCC2N1C(C)(C)C.CC(C)(C)C1CC2CCCCC2N1C(C)(C)C.CC(C)(C)C1Cc2ccccc2N1C(C)(C)C. The van der Waals surface area contributed by atoms with E-state index in [2.05, 4.69) is 210 Å². The first-order valence-electron chi connectivity index (χ1n) is 27.1. The van der Waals surface area contributed by atoms with Gasteiger partial charge in [-0.05, 0) is 192 Å². The minimum absolute atomic E-state index is 0.185. The fourth-order valence-electron chi connectivity index (χ4n) is 14.3. The highest BCUT2D eigenvalue weighted by atomic mass is 15.3. The number of anilines is 1. The molecule has 370 valence electrons. The average Bonchev–Trinajstić information content (AvgIpc) is 3.67. The lowest BCUT2D eigenvalue weighted by atomic mass is 9.80. The van der Waals surface area contributed by atoms with Gasteiger partial charge in [-0.25, -0.2) is 0 Å². The van der Waals surface area contributed by atoms with Crippen LogP contribution in [0.3, 0.4) is 0 Å². The van der Waals surface area contributed by atoms with E-state index in [0.717, 1.165) is 54.0 Å². The molecule has 0 radical (unpaired) electrons. The smallest absolute Gasteiger partial charge is 0.0406 e. The summed E-state index contributed by atoms with van der Waals surface area (Å²) in [5.74, 6) is 2.99. The van der Waals surface area contributed by atoms with E-state index in [0.29, 0.717) is 44.3 Å². The number of nitrogens with zero attached hydrogens (tertiary/aromatic N) is 4. The Labute approximate surface area is 400 Å². The molecule has 3 saturated heterocycles. The predicted octanol–water partition coefficient (Wildman–Crippen LogP) is 16.1. The van der Waals surface area contributed by atoms with Crippen LogP contribution in [0.4, 0.5) is 5.69 Å². The number of hydrogen-bond acceptors (Lipinski definition) is 4. The molecular weight excluding hydrogens is 777 g/mol. The van der Waals surface area contributed by atoms with Crippen molar-refractivity contribution in [3.05, 3.63) is 29.8 Å². The highest BCUT2D eigenvalue weighted by molar-refractivity contribution is 5.61. The predicted molar refractivity (Wildman–Crippen MR) is 283 cm³/mol. The molecule has 0 aromatic heterocycles. The number of rotatable bonds is 0. The first-order valence-corrected chi connectivity index (χ1v) is 27.1.